The lowest BCUT2D eigenvalue weighted by atomic mass is 10.3. The number of hydrogen-bond acceptors (Lipinski definition) is 4. The predicted octanol–water partition coefficient (Wildman–Crippen LogP) is 0.953. The van der Waals surface area contributed by atoms with E-state index >= 15 is 0 Å². The second-order valence-corrected chi connectivity index (χ2v) is 5.22. The highest BCUT2D eigenvalue weighted by Crippen LogP contribution is 2.21. The average molecular weight is 266 g/mol. The first-order valence-electron chi connectivity index (χ1n) is 3.96. The van der Waals surface area contributed by atoms with Crippen molar-refractivity contribution in [2.45, 2.75) is 12.6 Å². The zero-order valence-corrected chi connectivity index (χ0v) is 9.44. The van der Waals surface area contributed by atoms with Gasteiger partial charge < -0.3 is 15.5 Å². The first-order valence-corrected chi connectivity index (χ1v) is 5.57. The van der Waals surface area contributed by atoms with Crippen molar-refractivity contribution in [3.05, 3.63) is 20.8 Å². The van der Waals surface area contributed by atoms with Crippen LogP contribution in [0.15, 0.2) is 15.9 Å². The molecule has 0 aromatic carbocycles. The Morgan fingerprint density at radius 3 is 2.85 bits per heavy atom. The molecule has 3 N–H and O–H groups in total. The fourth-order valence-corrected chi connectivity index (χ4v) is 2.33. The molecule has 5 heteroatoms. The van der Waals surface area contributed by atoms with Crippen LogP contribution in [-0.4, -0.2) is 29.5 Å². The topological polar surface area (TPSA) is 52.5 Å². The van der Waals surface area contributed by atoms with Gasteiger partial charge in [-0.25, -0.2) is 0 Å². The number of aliphatic hydroxyl groups is 2. The summed E-state index contributed by atoms with van der Waals surface area (Å²) < 4.78 is 1.10. The average Bonchev–Trinajstić information content (AvgIpc) is 2.51. The lowest BCUT2D eigenvalue weighted by Gasteiger charge is -2.07. The largest absolute Gasteiger partial charge is 0.394 e. The summed E-state index contributed by atoms with van der Waals surface area (Å²) in [6, 6.07) is 4.01. The highest BCUT2D eigenvalue weighted by atomic mass is 79.9. The summed E-state index contributed by atoms with van der Waals surface area (Å²) in [7, 11) is 0. The third-order valence-electron chi connectivity index (χ3n) is 1.52. The quantitative estimate of drug-likeness (QED) is 0.744. The van der Waals surface area contributed by atoms with Gasteiger partial charge in [0.15, 0.2) is 0 Å². The van der Waals surface area contributed by atoms with E-state index in [1.165, 1.54) is 4.88 Å². The van der Waals surface area contributed by atoms with E-state index in [1.54, 1.807) is 11.3 Å². The van der Waals surface area contributed by atoms with E-state index < -0.39 is 6.10 Å². The summed E-state index contributed by atoms with van der Waals surface area (Å²) in [6.45, 7) is 0.959. The predicted molar refractivity (Wildman–Crippen MR) is 56.8 cm³/mol. The van der Waals surface area contributed by atoms with E-state index in [1.807, 2.05) is 12.1 Å². The van der Waals surface area contributed by atoms with Crippen molar-refractivity contribution in [1.82, 2.24) is 5.32 Å². The number of nitrogens with one attached hydrogen (secondary N) is 1. The zero-order chi connectivity index (χ0) is 9.68. The van der Waals surface area contributed by atoms with Gasteiger partial charge in [-0.1, -0.05) is 0 Å². The SMILES string of the molecule is OC[C@@H](O)CNCc1ccc(Br)s1. The Balaban J connectivity index is 2.20. The van der Waals surface area contributed by atoms with Crippen molar-refractivity contribution in [2.24, 2.45) is 0 Å². The first kappa shape index (κ1) is 11.1. The number of hydrogen-bond donors (Lipinski definition) is 3. The van der Waals surface area contributed by atoms with E-state index in [4.69, 9.17) is 10.2 Å². The van der Waals surface area contributed by atoms with Crippen molar-refractivity contribution in [1.29, 1.82) is 0 Å². The lowest BCUT2D eigenvalue weighted by molar-refractivity contribution is 0.0943. The Morgan fingerprint density at radius 2 is 2.31 bits per heavy atom. The second kappa shape index (κ2) is 5.72. The van der Waals surface area contributed by atoms with Gasteiger partial charge in [-0.15, -0.1) is 11.3 Å². The molecule has 0 amide bonds. The molecule has 74 valence electrons. The highest BCUT2D eigenvalue weighted by Gasteiger charge is 2.01. The van der Waals surface area contributed by atoms with Crippen LogP contribution in [-0.2, 0) is 6.54 Å². The maximum Gasteiger partial charge on any atom is 0.0895 e. The van der Waals surface area contributed by atoms with Crippen LogP contribution in [0.1, 0.15) is 4.88 Å². The molecular formula is C8H12BrNO2S. The van der Waals surface area contributed by atoms with Gasteiger partial charge in [0.25, 0.3) is 0 Å². The van der Waals surface area contributed by atoms with E-state index in [0.29, 0.717) is 6.54 Å². The summed E-state index contributed by atoms with van der Waals surface area (Å²) in [4.78, 5) is 1.21. The molecule has 3 nitrogen and oxygen atoms in total. The van der Waals surface area contributed by atoms with Crippen LogP contribution >= 0.6 is 27.3 Å². The summed E-state index contributed by atoms with van der Waals surface area (Å²) >= 11 is 5.03. The first-order chi connectivity index (χ1) is 6.22. The van der Waals surface area contributed by atoms with Gasteiger partial charge in [0, 0.05) is 18.0 Å². The summed E-state index contributed by atoms with van der Waals surface area (Å²) in [5.74, 6) is 0. The Morgan fingerprint density at radius 1 is 1.54 bits per heavy atom. The molecule has 0 spiro atoms. The maximum atomic E-state index is 9.02. The van der Waals surface area contributed by atoms with Gasteiger partial charge >= 0.3 is 0 Å². The Bertz CT molecular complexity index is 254. The minimum Gasteiger partial charge on any atom is -0.394 e. The Kier molecular flexibility index (Phi) is 4.90. The Labute approximate surface area is 89.5 Å². The monoisotopic (exact) mass is 265 g/mol. The minimum atomic E-state index is -0.664. The van der Waals surface area contributed by atoms with Gasteiger partial charge in [-0.05, 0) is 28.1 Å². The molecule has 0 radical (unpaired) electrons. The van der Waals surface area contributed by atoms with Crippen LogP contribution in [0.4, 0.5) is 0 Å². The van der Waals surface area contributed by atoms with Crippen LogP contribution in [0.2, 0.25) is 0 Å². The van der Waals surface area contributed by atoms with Crippen molar-refractivity contribution in [3.63, 3.8) is 0 Å². The van der Waals surface area contributed by atoms with E-state index in [0.717, 1.165) is 10.3 Å². The van der Waals surface area contributed by atoms with Crippen molar-refractivity contribution >= 4 is 27.3 Å². The molecule has 1 aromatic rings. The van der Waals surface area contributed by atoms with Crippen LogP contribution in [0.25, 0.3) is 0 Å². The molecular weight excluding hydrogens is 254 g/mol. The fourth-order valence-electron chi connectivity index (χ4n) is 0.873. The Hall–Kier alpha value is 0.0600. The molecule has 0 unspecified atom stereocenters. The fraction of sp³-hybridized carbons (Fsp3) is 0.500. The number of aliphatic hydroxyl groups excluding tert-OH is 2. The number of halogens is 1. The minimum absolute atomic E-state index is 0.193. The molecule has 0 fully saturated rings. The molecule has 0 saturated heterocycles. The molecule has 0 aliphatic heterocycles. The maximum absolute atomic E-state index is 9.02. The highest BCUT2D eigenvalue weighted by molar-refractivity contribution is 9.11. The van der Waals surface area contributed by atoms with Gasteiger partial charge in [0.2, 0.25) is 0 Å². The standard InChI is InChI=1S/C8H12BrNO2S/c9-8-2-1-7(13-8)4-10-3-6(12)5-11/h1-2,6,10-12H,3-5H2/t6-/m0/s1. The molecule has 1 atom stereocenters. The molecule has 13 heavy (non-hydrogen) atoms. The van der Waals surface area contributed by atoms with E-state index in [9.17, 15) is 0 Å². The summed E-state index contributed by atoms with van der Waals surface area (Å²) in [5.41, 5.74) is 0. The second-order valence-electron chi connectivity index (χ2n) is 2.67. The van der Waals surface area contributed by atoms with Gasteiger partial charge in [-0.3, -0.25) is 0 Å². The van der Waals surface area contributed by atoms with Crippen LogP contribution in [0.5, 0.6) is 0 Å². The third kappa shape index (κ3) is 4.19. The number of rotatable bonds is 5. The van der Waals surface area contributed by atoms with Gasteiger partial charge in [0.1, 0.15) is 0 Å². The third-order valence-corrected chi connectivity index (χ3v) is 3.14. The lowest BCUT2D eigenvalue weighted by Crippen LogP contribution is -2.28. The van der Waals surface area contributed by atoms with Gasteiger partial charge in [-0.2, -0.15) is 0 Å². The van der Waals surface area contributed by atoms with E-state index in [2.05, 4.69) is 21.2 Å². The van der Waals surface area contributed by atoms with Crippen molar-refractivity contribution in [2.75, 3.05) is 13.2 Å². The molecule has 0 aliphatic rings. The van der Waals surface area contributed by atoms with E-state index in [-0.39, 0.29) is 6.61 Å². The molecule has 0 saturated carbocycles. The number of thiophene rings is 1. The molecule has 1 aromatic heterocycles. The normalized spacial score (nSPS) is 13.2. The molecule has 0 aliphatic carbocycles. The van der Waals surface area contributed by atoms with Crippen molar-refractivity contribution in [3.8, 4) is 0 Å². The smallest absolute Gasteiger partial charge is 0.0895 e. The van der Waals surface area contributed by atoms with Gasteiger partial charge in [0.05, 0.1) is 16.5 Å². The van der Waals surface area contributed by atoms with Crippen molar-refractivity contribution < 1.29 is 10.2 Å². The zero-order valence-electron chi connectivity index (χ0n) is 7.03. The van der Waals surface area contributed by atoms with Crippen LogP contribution in [0.3, 0.4) is 0 Å². The molecule has 1 heterocycles. The summed E-state index contributed by atoms with van der Waals surface area (Å²) in [5, 5.41) is 20.6. The summed E-state index contributed by atoms with van der Waals surface area (Å²) in [6.07, 6.45) is -0.664. The van der Waals surface area contributed by atoms with Crippen LogP contribution < -0.4 is 5.32 Å². The molecule has 0 bridgehead atoms. The van der Waals surface area contributed by atoms with Crippen LogP contribution in [0, 0.1) is 0 Å². The molecule has 1 rings (SSSR count).